The summed E-state index contributed by atoms with van der Waals surface area (Å²) in [6.07, 6.45) is 3.33. The topological polar surface area (TPSA) is 75.9 Å². The number of hydrogen-bond donors (Lipinski definition) is 1. The molecule has 1 aromatic carbocycles. The average molecular weight is 385 g/mol. The minimum Gasteiger partial charge on any atom is -0.352 e. The van der Waals surface area contributed by atoms with Crippen LogP contribution in [0.15, 0.2) is 36.7 Å². The van der Waals surface area contributed by atoms with Crippen LogP contribution >= 0.6 is 0 Å². The lowest BCUT2D eigenvalue weighted by atomic mass is 9.88. The molecule has 0 saturated carbocycles. The molecule has 3 atom stereocenters. The summed E-state index contributed by atoms with van der Waals surface area (Å²) in [5, 5.41) is 14.6. The maximum atomic E-state index is 13.1. The first kappa shape index (κ1) is 20.5. The average Bonchev–Trinajstić information content (AvgIpc) is 3.19. The van der Waals surface area contributed by atoms with Crippen LogP contribution in [0.25, 0.3) is 0 Å². The number of likely N-dealkylation sites (tertiary alicyclic amines) is 1. The Hall–Kier alpha value is -2.28. The monoisotopic (exact) mass is 384 g/mol. The fourth-order valence-corrected chi connectivity index (χ4v) is 4.15. The third-order valence-corrected chi connectivity index (χ3v) is 5.68. The minimum absolute atomic E-state index is 0.0534. The molecule has 0 bridgehead atoms. The number of hydrogen-bond acceptors (Lipinski definition) is 5. The Balaban J connectivity index is 1.66. The lowest BCUT2D eigenvalue weighted by Gasteiger charge is -2.45. The van der Waals surface area contributed by atoms with E-state index in [1.807, 2.05) is 30.3 Å². The number of carbonyl (C=O) groups excluding carboxylic acids is 1. The first-order valence-corrected chi connectivity index (χ1v) is 10.1. The first-order valence-electron chi connectivity index (χ1n) is 10.1. The van der Waals surface area contributed by atoms with E-state index >= 15 is 0 Å². The molecule has 2 heterocycles. The second-order valence-corrected chi connectivity index (χ2v) is 8.88. The van der Waals surface area contributed by atoms with Crippen LogP contribution in [0.5, 0.6) is 0 Å². The molecule has 28 heavy (non-hydrogen) atoms. The molecule has 2 aromatic rings. The van der Waals surface area contributed by atoms with Crippen molar-refractivity contribution in [2.45, 2.75) is 52.1 Å². The van der Waals surface area contributed by atoms with Crippen molar-refractivity contribution in [3.8, 4) is 0 Å². The van der Waals surface area contributed by atoms with Gasteiger partial charge in [-0.15, -0.1) is 5.10 Å². The lowest BCUT2D eigenvalue weighted by molar-refractivity contribution is -0.125. The zero-order valence-corrected chi connectivity index (χ0v) is 17.4. The first-order chi connectivity index (χ1) is 13.3. The van der Waals surface area contributed by atoms with Gasteiger partial charge in [-0.3, -0.25) is 9.69 Å². The fraction of sp³-hybridized carbons (Fsp3) is 0.619. The quantitative estimate of drug-likeness (QED) is 0.793. The van der Waals surface area contributed by atoms with Crippen LogP contribution in [0.2, 0.25) is 0 Å². The normalized spacial score (nSPS) is 22.0. The Morgan fingerprint density at radius 2 is 1.89 bits per heavy atom. The van der Waals surface area contributed by atoms with E-state index in [1.54, 1.807) is 4.68 Å². The second-order valence-electron chi connectivity index (χ2n) is 8.88. The summed E-state index contributed by atoms with van der Waals surface area (Å²) in [5.74, 6) is 1.32. The van der Waals surface area contributed by atoms with Gasteiger partial charge in [-0.1, -0.05) is 44.2 Å². The molecule has 0 radical (unpaired) electrons. The Bertz CT molecular complexity index is 736. The Kier molecular flexibility index (Phi) is 6.44. The van der Waals surface area contributed by atoms with E-state index in [1.165, 1.54) is 12.7 Å². The van der Waals surface area contributed by atoms with E-state index in [9.17, 15) is 4.79 Å². The number of aromatic nitrogens is 4. The smallest absolute Gasteiger partial charge is 0.245 e. The molecule has 1 amide bonds. The molecule has 0 spiro atoms. The molecule has 0 aliphatic carbocycles. The summed E-state index contributed by atoms with van der Waals surface area (Å²) in [4.78, 5) is 15.6. The molecule has 3 unspecified atom stereocenters. The van der Waals surface area contributed by atoms with Crippen molar-refractivity contribution in [1.82, 2.24) is 30.4 Å². The maximum absolute atomic E-state index is 13.1. The van der Waals surface area contributed by atoms with E-state index in [4.69, 9.17) is 0 Å². The zero-order chi connectivity index (χ0) is 20.1. The number of tetrazole rings is 1. The third-order valence-electron chi connectivity index (χ3n) is 5.68. The van der Waals surface area contributed by atoms with Crippen LogP contribution in [0, 0.1) is 11.8 Å². The standard InChI is InChI=1S/C21H32N6O/c1-16-10-17(2)13-26(12-16)21(3,4)14-22-20(28)19(27-15-23-24-25-27)11-18-8-6-5-7-9-18/h5-9,15-17,19H,10-14H2,1-4H3,(H,22,28). The fourth-order valence-electron chi connectivity index (χ4n) is 4.15. The number of nitrogens with one attached hydrogen (secondary N) is 1. The van der Waals surface area contributed by atoms with Crippen molar-refractivity contribution in [1.29, 1.82) is 0 Å². The van der Waals surface area contributed by atoms with Crippen molar-refractivity contribution in [3.63, 3.8) is 0 Å². The molecular weight excluding hydrogens is 352 g/mol. The van der Waals surface area contributed by atoms with Crippen LogP contribution in [0.3, 0.4) is 0 Å². The molecule has 1 aliphatic rings. The highest BCUT2D eigenvalue weighted by atomic mass is 16.2. The maximum Gasteiger partial charge on any atom is 0.245 e. The van der Waals surface area contributed by atoms with Crippen LogP contribution in [-0.2, 0) is 11.2 Å². The van der Waals surface area contributed by atoms with Crippen molar-refractivity contribution in [3.05, 3.63) is 42.2 Å². The molecule has 152 valence electrons. The van der Waals surface area contributed by atoms with Crippen LogP contribution in [-0.4, -0.2) is 56.2 Å². The molecule has 1 fully saturated rings. The van der Waals surface area contributed by atoms with E-state index in [0.29, 0.717) is 24.8 Å². The van der Waals surface area contributed by atoms with Gasteiger partial charge in [0.15, 0.2) is 0 Å². The molecular formula is C21H32N6O. The molecule has 7 nitrogen and oxygen atoms in total. The van der Waals surface area contributed by atoms with Crippen LogP contribution in [0.1, 0.15) is 45.7 Å². The van der Waals surface area contributed by atoms with Gasteiger partial charge in [-0.25, -0.2) is 4.68 Å². The lowest BCUT2D eigenvalue weighted by Crippen LogP contribution is -2.56. The molecule has 1 aromatic heterocycles. The van der Waals surface area contributed by atoms with Crippen LogP contribution in [0.4, 0.5) is 0 Å². The number of rotatable bonds is 7. The summed E-state index contributed by atoms with van der Waals surface area (Å²) in [7, 11) is 0. The molecule has 7 heteroatoms. The molecule has 1 N–H and O–H groups in total. The van der Waals surface area contributed by atoms with Gasteiger partial charge in [0.1, 0.15) is 12.4 Å². The Morgan fingerprint density at radius 3 is 2.50 bits per heavy atom. The van der Waals surface area contributed by atoms with E-state index in [0.717, 1.165) is 18.7 Å². The summed E-state index contributed by atoms with van der Waals surface area (Å²) in [6, 6.07) is 9.50. The van der Waals surface area contributed by atoms with E-state index < -0.39 is 6.04 Å². The molecule has 3 rings (SSSR count). The SMILES string of the molecule is CC1CC(C)CN(C(C)(C)CNC(=O)C(Cc2ccccc2)n2cnnn2)C1. The number of piperidine rings is 1. The number of nitrogens with zero attached hydrogens (tertiary/aromatic N) is 5. The molecule has 1 aliphatic heterocycles. The minimum atomic E-state index is -0.465. The van der Waals surface area contributed by atoms with Crippen molar-refractivity contribution in [2.24, 2.45) is 11.8 Å². The number of amides is 1. The zero-order valence-electron chi connectivity index (χ0n) is 17.4. The predicted octanol–water partition coefficient (Wildman–Crippen LogP) is 2.33. The summed E-state index contributed by atoms with van der Waals surface area (Å²) in [6.45, 7) is 11.8. The van der Waals surface area contributed by atoms with Crippen LogP contribution < -0.4 is 5.32 Å². The third kappa shape index (κ3) is 5.16. The van der Waals surface area contributed by atoms with Crippen molar-refractivity contribution < 1.29 is 4.79 Å². The van der Waals surface area contributed by atoms with E-state index in [2.05, 4.69) is 53.4 Å². The van der Waals surface area contributed by atoms with Gasteiger partial charge in [-0.2, -0.15) is 0 Å². The second kappa shape index (κ2) is 8.82. The van der Waals surface area contributed by atoms with Gasteiger partial charge in [-0.05, 0) is 48.1 Å². The molecule has 1 saturated heterocycles. The highest BCUT2D eigenvalue weighted by molar-refractivity contribution is 5.80. The number of benzene rings is 1. The van der Waals surface area contributed by atoms with E-state index in [-0.39, 0.29) is 11.4 Å². The van der Waals surface area contributed by atoms with Crippen molar-refractivity contribution >= 4 is 5.91 Å². The predicted molar refractivity (Wildman–Crippen MR) is 109 cm³/mol. The Morgan fingerprint density at radius 1 is 1.21 bits per heavy atom. The number of carbonyl (C=O) groups is 1. The van der Waals surface area contributed by atoms with Gasteiger partial charge in [0.2, 0.25) is 5.91 Å². The highest BCUT2D eigenvalue weighted by Gasteiger charge is 2.33. The summed E-state index contributed by atoms with van der Waals surface area (Å²) in [5.41, 5.74) is 0.979. The Labute approximate surface area is 167 Å². The van der Waals surface area contributed by atoms with Gasteiger partial charge in [0.05, 0.1) is 0 Å². The van der Waals surface area contributed by atoms with Gasteiger partial charge in [0, 0.05) is 31.6 Å². The highest BCUT2D eigenvalue weighted by Crippen LogP contribution is 2.27. The van der Waals surface area contributed by atoms with Gasteiger partial charge >= 0.3 is 0 Å². The summed E-state index contributed by atoms with van der Waals surface area (Å²) >= 11 is 0. The van der Waals surface area contributed by atoms with Gasteiger partial charge in [0.25, 0.3) is 0 Å². The largest absolute Gasteiger partial charge is 0.352 e. The summed E-state index contributed by atoms with van der Waals surface area (Å²) < 4.78 is 1.54. The van der Waals surface area contributed by atoms with Gasteiger partial charge < -0.3 is 5.32 Å². The van der Waals surface area contributed by atoms with Crippen molar-refractivity contribution in [2.75, 3.05) is 19.6 Å².